The fourth-order valence-corrected chi connectivity index (χ4v) is 1.23. The summed E-state index contributed by atoms with van der Waals surface area (Å²) in [7, 11) is 1.77. The standard InChI is InChI=1S/C7H15NO.ClH/c1-5(8)6-3-7(4-6)9-2;/h5-7H,3-4,8H2,1-2H3;1H. The SMILES string of the molecule is COC1CC(C(C)N)C1.Cl. The molecule has 1 saturated carbocycles. The minimum Gasteiger partial charge on any atom is -0.381 e. The molecule has 0 aromatic carbocycles. The van der Waals surface area contributed by atoms with Gasteiger partial charge in [-0.3, -0.25) is 0 Å². The molecular formula is C7H16ClNO. The zero-order chi connectivity index (χ0) is 6.85. The lowest BCUT2D eigenvalue weighted by Crippen LogP contribution is -2.40. The highest BCUT2D eigenvalue weighted by Gasteiger charge is 2.31. The molecule has 0 heterocycles. The van der Waals surface area contributed by atoms with Crippen LogP contribution >= 0.6 is 12.4 Å². The van der Waals surface area contributed by atoms with Crippen molar-refractivity contribution < 1.29 is 4.74 Å². The summed E-state index contributed by atoms with van der Waals surface area (Å²) in [6.45, 7) is 2.07. The molecule has 0 aromatic heterocycles. The number of hydrogen-bond acceptors (Lipinski definition) is 2. The van der Waals surface area contributed by atoms with E-state index in [4.69, 9.17) is 10.5 Å². The van der Waals surface area contributed by atoms with E-state index in [1.54, 1.807) is 7.11 Å². The van der Waals surface area contributed by atoms with Gasteiger partial charge in [0.25, 0.3) is 0 Å². The van der Waals surface area contributed by atoms with E-state index >= 15 is 0 Å². The summed E-state index contributed by atoms with van der Waals surface area (Å²) in [5.41, 5.74) is 5.66. The Labute approximate surface area is 68.5 Å². The van der Waals surface area contributed by atoms with Gasteiger partial charge in [-0.2, -0.15) is 0 Å². The Morgan fingerprint density at radius 1 is 1.50 bits per heavy atom. The van der Waals surface area contributed by atoms with E-state index in [9.17, 15) is 0 Å². The van der Waals surface area contributed by atoms with Gasteiger partial charge in [-0.25, -0.2) is 0 Å². The highest BCUT2D eigenvalue weighted by atomic mass is 35.5. The topological polar surface area (TPSA) is 35.2 Å². The Morgan fingerprint density at radius 2 is 2.00 bits per heavy atom. The van der Waals surface area contributed by atoms with Gasteiger partial charge in [0.05, 0.1) is 6.10 Å². The van der Waals surface area contributed by atoms with Crippen molar-refractivity contribution in [3.05, 3.63) is 0 Å². The predicted octanol–water partition coefficient (Wildman–Crippen LogP) is 1.18. The molecule has 0 saturated heterocycles. The van der Waals surface area contributed by atoms with Gasteiger partial charge in [0.15, 0.2) is 0 Å². The molecule has 1 unspecified atom stereocenters. The van der Waals surface area contributed by atoms with Crippen LogP contribution in [0.15, 0.2) is 0 Å². The maximum absolute atomic E-state index is 5.66. The van der Waals surface area contributed by atoms with Crippen LogP contribution in [0.25, 0.3) is 0 Å². The van der Waals surface area contributed by atoms with Crippen LogP contribution in [0.4, 0.5) is 0 Å². The summed E-state index contributed by atoms with van der Waals surface area (Å²) < 4.78 is 5.11. The zero-order valence-corrected chi connectivity index (χ0v) is 7.36. The molecule has 2 N–H and O–H groups in total. The molecule has 62 valence electrons. The van der Waals surface area contributed by atoms with E-state index in [-0.39, 0.29) is 12.4 Å². The minimum absolute atomic E-state index is 0. The second-order valence-corrected chi connectivity index (χ2v) is 2.95. The third-order valence-corrected chi connectivity index (χ3v) is 2.21. The van der Waals surface area contributed by atoms with Crippen molar-refractivity contribution in [2.75, 3.05) is 7.11 Å². The third kappa shape index (κ3) is 2.11. The summed E-state index contributed by atoms with van der Waals surface area (Å²) in [4.78, 5) is 0. The second kappa shape index (κ2) is 4.16. The first-order valence-corrected chi connectivity index (χ1v) is 3.52. The van der Waals surface area contributed by atoms with Crippen molar-refractivity contribution in [2.45, 2.75) is 31.9 Å². The van der Waals surface area contributed by atoms with Gasteiger partial charge in [0, 0.05) is 13.2 Å². The Kier molecular flexibility index (Phi) is 4.25. The van der Waals surface area contributed by atoms with Crippen LogP contribution < -0.4 is 5.73 Å². The quantitative estimate of drug-likeness (QED) is 0.667. The largest absolute Gasteiger partial charge is 0.381 e. The zero-order valence-electron chi connectivity index (χ0n) is 6.54. The summed E-state index contributed by atoms with van der Waals surface area (Å²) in [5, 5.41) is 0. The fraction of sp³-hybridized carbons (Fsp3) is 1.00. The molecule has 1 aliphatic carbocycles. The second-order valence-electron chi connectivity index (χ2n) is 2.95. The van der Waals surface area contributed by atoms with Crippen LogP contribution in [0.3, 0.4) is 0 Å². The molecule has 1 aliphatic rings. The Morgan fingerprint density at radius 3 is 2.30 bits per heavy atom. The molecular weight excluding hydrogens is 150 g/mol. The molecule has 0 aliphatic heterocycles. The van der Waals surface area contributed by atoms with Crippen molar-refractivity contribution in [2.24, 2.45) is 11.7 Å². The van der Waals surface area contributed by atoms with Gasteiger partial charge < -0.3 is 10.5 Å². The molecule has 0 amide bonds. The van der Waals surface area contributed by atoms with Crippen LogP contribution in [-0.4, -0.2) is 19.3 Å². The maximum atomic E-state index is 5.66. The van der Waals surface area contributed by atoms with Crippen molar-refractivity contribution >= 4 is 12.4 Å². The predicted molar refractivity (Wildman–Crippen MR) is 44.4 cm³/mol. The molecule has 1 atom stereocenters. The third-order valence-electron chi connectivity index (χ3n) is 2.21. The average molecular weight is 166 g/mol. The molecule has 0 spiro atoms. The highest BCUT2D eigenvalue weighted by molar-refractivity contribution is 5.85. The average Bonchev–Trinajstić information content (AvgIpc) is 1.61. The number of hydrogen-bond donors (Lipinski definition) is 1. The van der Waals surface area contributed by atoms with Gasteiger partial charge in [-0.05, 0) is 25.7 Å². The van der Waals surface area contributed by atoms with E-state index < -0.39 is 0 Å². The van der Waals surface area contributed by atoms with Crippen molar-refractivity contribution in [3.63, 3.8) is 0 Å². The molecule has 0 radical (unpaired) electrons. The lowest BCUT2D eigenvalue weighted by molar-refractivity contribution is -0.00548. The smallest absolute Gasteiger partial charge is 0.0577 e. The minimum atomic E-state index is 0. The van der Waals surface area contributed by atoms with Gasteiger partial charge >= 0.3 is 0 Å². The van der Waals surface area contributed by atoms with Crippen molar-refractivity contribution in [3.8, 4) is 0 Å². The molecule has 2 nitrogen and oxygen atoms in total. The fourth-order valence-electron chi connectivity index (χ4n) is 1.23. The Balaban J connectivity index is 0.000000810. The van der Waals surface area contributed by atoms with Gasteiger partial charge in [-0.15, -0.1) is 12.4 Å². The van der Waals surface area contributed by atoms with Gasteiger partial charge in [0.2, 0.25) is 0 Å². The molecule has 0 bridgehead atoms. The van der Waals surface area contributed by atoms with E-state index in [0.29, 0.717) is 12.1 Å². The van der Waals surface area contributed by atoms with E-state index in [1.165, 1.54) is 0 Å². The van der Waals surface area contributed by atoms with Crippen LogP contribution in [0, 0.1) is 5.92 Å². The molecule has 1 rings (SSSR count). The van der Waals surface area contributed by atoms with Crippen LogP contribution in [0.1, 0.15) is 19.8 Å². The van der Waals surface area contributed by atoms with Crippen LogP contribution in [0.5, 0.6) is 0 Å². The van der Waals surface area contributed by atoms with Gasteiger partial charge in [-0.1, -0.05) is 0 Å². The summed E-state index contributed by atoms with van der Waals surface area (Å²) in [6, 6.07) is 0.358. The Bertz CT molecular complexity index is 91.6. The monoisotopic (exact) mass is 165 g/mol. The molecule has 0 aromatic rings. The summed E-state index contributed by atoms with van der Waals surface area (Å²) in [6.07, 6.45) is 2.82. The van der Waals surface area contributed by atoms with Crippen molar-refractivity contribution in [1.82, 2.24) is 0 Å². The molecule has 1 fully saturated rings. The number of ether oxygens (including phenoxy) is 1. The summed E-state index contributed by atoms with van der Waals surface area (Å²) in [5.74, 6) is 0.718. The number of halogens is 1. The first kappa shape index (κ1) is 10.2. The van der Waals surface area contributed by atoms with Crippen LogP contribution in [0.2, 0.25) is 0 Å². The van der Waals surface area contributed by atoms with E-state index in [0.717, 1.165) is 18.8 Å². The summed E-state index contributed by atoms with van der Waals surface area (Å²) >= 11 is 0. The number of nitrogens with two attached hydrogens (primary N) is 1. The lowest BCUT2D eigenvalue weighted by Gasteiger charge is -2.36. The lowest BCUT2D eigenvalue weighted by atomic mass is 9.78. The Hall–Kier alpha value is 0.210. The van der Waals surface area contributed by atoms with Crippen LogP contribution in [-0.2, 0) is 4.74 Å². The normalized spacial score (nSPS) is 33.9. The van der Waals surface area contributed by atoms with E-state index in [2.05, 4.69) is 6.92 Å². The van der Waals surface area contributed by atoms with Crippen molar-refractivity contribution in [1.29, 1.82) is 0 Å². The number of rotatable bonds is 2. The first-order valence-electron chi connectivity index (χ1n) is 3.52. The number of methoxy groups -OCH3 is 1. The van der Waals surface area contributed by atoms with Gasteiger partial charge in [0.1, 0.15) is 0 Å². The highest BCUT2D eigenvalue weighted by Crippen LogP contribution is 2.31. The van der Waals surface area contributed by atoms with E-state index in [1.807, 2.05) is 0 Å². The molecule has 10 heavy (non-hydrogen) atoms. The first-order chi connectivity index (χ1) is 4.24. The maximum Gasteiger partial charge on any atom is 0.0577 e. The molecule has 3 heteroatoms.